The predicted molar refractivity (Wildman–Crippen MR) is 82.6 cm³/mol. The van der Waals surface area contributed by atoms with Crippen molar-refractivity contribution in [3.8, 4) is 0 Å². The Morgan fingerprint density at radius 3 is 2.41 bits per heavy atom. The molecule has 1 radical (unpaired) electrons. The van der Waals surface area contributed by atoms with Crippen molar-refractivity contribution in [2.24, 2.45) is 5.92 Å². The second-order valence-electron chi connectivity index (χ2n) is 5.47. The monoisotopic (exact) mass is 379 g/mol. The SMILES string of the molecule is C[CH-]CC(=O)[C@H](CC(C)C)NC(=O)OCc1ccccc1.[Y]. The molecular formula is C17H24NO3Y-. The van der Waals surface area contributed by atoms with Crippen LogP contribution in [0.5, 0.6) is 0 Å². The summed E-state index contributed by atoms with van der Waals surface area (Å²) in [7, 11) is 0. The molecule has 0 aliphatic heterocycles. The topological polar surface area (TPSA) is 55.4 Å². The van der Waals surface area contributed by atoms with Gasteiger partial charge in [-0.3, -0.25) is 0 Å². The summed E-state index contributed by atoms with van der Waals surface area (Å²) in [5.74, 6) is 0.341. The van der Waals surface area contributed by atoms with Crippen LogP contribution in [-0.2, 0) is 48.8 Å². The number of Topliss-reactive ketones (excluding diaryl/α,β-unsaturated/α-hetero) is 1. The molecule has 119 valence electrons. The summed E-state index contributed by atoms with van der Waals surface area (Å²) in [6.45, 7) is 6.08. The van der Waals surface area contributed by atoms with Crippen LogP contribution in [0.4, 0.5) is 4.79 Å². The molecule has 5 heteroatoms. The standard InChI is InChI=1S/C17H24NO3.Y/c1-4-8-16(19)15(11-13(2)3)18-17(20)21-12-14-9-6-5-7-10-14;/h4-7,9-10,13,15H,8,11-12H2,1-3H3,(H,18,20);/q-1;/t15-;/m0./s1. The van der Waals surface area contributed by atoms with Gasteiger partial charge >= 0.3 is 6.09 Å². The van der Waals surface area contributed by atoms with E-state index in [-0.39, 0.29) is 45.1 Å². The Morgan fingerprint density at radius 2 is 1.86 bits per heavy atom. The van der Waals surface area contributed by atoms with Crippen LogP contribution in [0.1, 0.15) is 39.2 Å². The van der Waals surface area contributed by atoms with E-state index in [0.717, 1.165) is 5.56 Å². The van der Waals surface area contributed by atoms with Crippen LogP contribution in [0.3, 0.4) is 0 Å². The van der Waals surface area contributed by atoms with Gasteiger partial charge < -0.3 is 21.3 Å². The van der Waals surface area contributed by atoms with Crippen molar-refractivity contribution < 1.29 is 47.0 Å². The molecule has 0 saturated carbocycles. The predicted octanol–water partition coefficient (Wildman–Crippen LogP) is 3.51. The molecule has 0 aromatic heterocycles. The number of hydrogen-bond acceptors (Lipinski definition) is 3. The third kappa shape index (κ3) is 8.64. The van der Waals surface area contributed by atoms with Gasteiger partial charge in [-0.25, -0.2) is 4.79 Å². The van der Waals surface area contributed by atoms with Crippen molar-refractivity contribution in [3.05, 3.63) is 42.3 Å². The zero-order valence-electron chi connectivity index (χ0n) is 13.5. The summed E-state index contributed by atoms with van der Waals surface area (Å²) >= 11 is 0. The van der Waals surface area contributed by atoms with Gasteiger partial charge in [0.15, 0.2) is 0 Å². The molecule has 0 aliphatic rings. The molecule has 0 bridgehead atoms. The number of amides is 1. The van der Waals surface area contributed by atoms with Gasteiger partial charge in [-0.2, -0.15) is 6.92 Å². The van der Waals surface area contributed by atoms with Gasteiger partial charge in [0.05, 0.1) is 6.04 Å². The van der Waals surface area contributed by atoms with Gasteiger partial charge in [0.1, 0.15) is 12.4 Å². The average Bonchev–Trinajstić information content (AvgIpc) is 2.45. The molecule has 4 nitrogen and oxygen atoms in total. The summed E-state index contributed by atoms with van der Waals surface area (Å²) < 4.78 is 5.16. The minimum atomic E-state index is -0.547. The third-order valence-electron chi connectivity index (χ3n) is 3.01. The maximum absolute atomic E-state index is 12.0. The van der Waals surface area contributed by atoms with E-state index in [1.54, 1.807) is 6.42 Å². The summed E-state index contributed by atoms with van der Waals surface area (Å²) in [4.78, 5) is 23.8. The molecule has 1 rings (SSSR count). The summed E-state index contributed by atoms with van der Waals surface area (Å²) in [6.07, 6.45) is 2.23. The van der Waals surface area contributed by atoms with Gasteiger partial charge in [-0.05, 0) is 17.9 Å². The second kappa shape index (κ2) is 11.8. The van der Waals surface area contributed by atoms with Crippen LogP contribution in [-0.4, -0.2) is 17.9 Å². The Balaban J connectivity index is 0.00000441. The molecule has 1 aromatic carbocycles. The Labute approximate surface area is 158 Å². The minimum Gasteiger partial charge on any atom is -0.445 e. The molecule has 1 atom stereocenters. The van der Waals surface area contributed by atoms with E-state index in [0.29, 0.717) is 18.8 Å². The van der Waals surface area contributed by atoms with Gasteiger partial charge in [0.25, 0.3) is 0 Å². The molecule has 0 saturated heterocycles. The van der Waals surface area contributed by atoms with Crippen molar-refractivity contribution in [1.29, 1.82) is 0 Å². The number of rotatable bonds is 8. The molecular weight excluding hydrogens is 355 g/mol. The van der Waals surface area contributed by atoms with Gasteiger partial charge in [0.2, 0.25) is 0 Å². The summed E-state index contributed by atoms with van der Waals surface area (Å²) in [5, 5.41) is 2.67. The first-order valence-corrected chi connectivity index (χ1v) is 7.30. The van der Waals surface area contributed by atoms with Crippen molar-refractivity contribution in [2.75, 3.05) is 0 Å². The largest absolute Gasteiger partial charge is 0.445 e. The Bertz CT molecular complexity index is 448. The maximum atomic E-state index is 12.0. The number of ether oxygens (including phenoxy) is 1. The number of hydrogen-bond donors (Lipinski definition) is 1. The van der Waals surface area contributed by atoms with E-state index in [1.807, 2.05) is 51.1 Å². The molecule has 0 heterocycles. The number of alkyl carbamates (subject to hydrolysis) is 1. The fourth-order valence-corrected chi connectivity index (χ4v) is 1.99. The molecule has 0 unspecified atom stereocenters. The number of nitrogens with one attached hydrogen (secondary N) is 1. The van der Waals surface area contributed by atoms with Crippen LogP contribution >= 0.6 is 0 Å². The van der Waals surface area contributed by atoms with E-state index in [1.165, 1.54) is 0 Å². The van der Waals surface area contributed by atoms with E-state index >= 15 is 0 Å². The maximum Gasteiger partial charge on any atom is 0.408 e. The first-order valence-electron chi connectivity index (χ1n) is 7.30. The van der Waals surface area contributed by atoms with Crippen LogP contribution < -0.4 is 5.32 Å². The quantitative estimate of drug-likeness (QED) is 0.704. The van der Waals surface area contributed by atoms with Crippen LogP contribution in [0.25, 0.3) is 0 Å². The minimum absolute atomic E-state index is 0. The molecule has 0 aliphatic carbocycles. The number of ketones is 1. The van der Waals surface area contributed by atoms with Crippen molar-refractivity contribution >= 4 is 11.9 Å². The van der Waals surface area contributed by atoms with Gasteiger partial charge in [-0.1, -0.05) is 44.2 Å². The zero-order chi connectivity index (χ0) is 15.7. The zero-order valence-corrected chi connectivity index (χ0v) is 16.4. The van der Waals surface area contributed by atoms with E-state index in [2.05, 4.69) is 5.32 Å². The fraction of sp³-hybridized carbons (Fsp3) is 0.471. The Hall–Kier alpha value is -0.736. The molecule has 0 fully saturated rings. The normalized spacial score (nSPS) is 11.5. The summed E-state index contributed by atoms with van der Waals surface area (Å²) in [6, 6.07) is 8.97. The van der Waals surface area contributed by atoms with Crippen molar-refractivity contribution in [2.45, 2.75) is 46.3 Å². The van der Waals surface area contributed by atoms with Crippen LogP contribution in [0.2, 0.25) is 0 Å². The van der Waals surface area contributed by atoms with Crippen LogP contribution in [0.15, 0.2) is 30.3 Å². The first-order chi connectivity index (χ1) is 10.0. The Morgan fingerprint density at radius 1 is 1.23 bits per heavy atom. The van der Waals surface area contributed by atoms with E-state index in [4.69, 9.17) is 4.74 Å². The molecule has 1 aromatic rings. The number of carbonyl (C=O) groups is 2. The van der Waals surface area contributed by atoms with Crippen molar-refractivity contribution in [1.82, 2.24) is 5.32 Å². The average molecular weight is 379 g/mol. The third-order valence-corrected chi connectivity index (χ3v) is 3.01. The second-order valence-corrected chi connectivity index (χ2v) is 5.47. The van der Waals surface area contributed by atoms with Gasteiger partial charge in [0, 0.05) is 32.7 Å². The molecule has 0 spiro atoms. The Kier molecular flexibility index (Phi) is 11.4. The molecule has 1 N–H and O–H groups in total. The number of carbonyl (C=O) groups excluding carboxylic acids is 2. The van der Waals surface area contributed by atoms with Crippen molar-refractivity contribution in [3.63, 3.8) is 0 Å². The van der Waals surface area contributed by atoms with E-state index < -0.39 is 12.1 Å². The number of benzene rings is 1. The summed E-state index contributed by atoms with van der Waals surface area (Å²) in [5.41, 5.74) is 0.918. The fourth-order valence-electron chi connectivity index (χ4n) is 1.99. The first kappa shape index (κ1) is 21.3. The van der Waals surface area contributed by atoms with E-state index in [9.17, 15) is 9.59 Å². The molecule has 22 heavy (non-hydrogen) atoms. The molecule has 1 amide bonds. The van der Waals surface area contributed by atoms with Crippen LogP contribution in [0, 0.1) is 12.3 Å². The smallest absolute Gasteiger partial charge is 0.408 e. The van der Waals surface area contributed by atoms with Gasteiger partial charge in [-0.15, -0.1) is 6.42 Å².